The third-order valence-corrected chi connectivity index (χ3v) is 7.98. The molecule has 28 heavy (non-hydrogen) atoms. The number of hydrogen-bond acceptors (Lipinski definition) is 5. The van der Waals surface area contributed by atoms with Crippen molar-refractivity contribution in [3.63, 3.8) is 0 Å². The lowest BCUT2D eigenvalue weighted by atomic mass is 10.1. The zero-order valence-corrected chi connectivity index (χ0v) is 18.4. The van der Waals surface area contributed by atoms with Gasteiger partial charge in [-0.3, -0.25) is 9.48 Å². The van der Waals surface area contributed by atoms with E-state index in [0.717, 1.165) is 21.8 Å². The summed E-state index contributed by atoms with van der Waals surface area (Å²) in [5.41, 5.74) is 4.00. The molecule has 1 aliphatic heterocycles. The average Bonchev–Trinajstić information content (AvgIpc) is 3.14. The van der Waals surface area contributed by atoms with E-state index in [1.54, 1.807) is 11.9 Å². The van der Waals surface area contributed by atoms with Gasteiger partial charge < -0.3 is 4.90 Å². The molecule has 6 nitrogen and oxygen atoms in total. The number of sulfone groups is 1. The van der Waals surface area contributed by atoms with E-state index in [-0.39, 0.29) is 23.5 Å². The fourth-order valence-corrected chi connectivity index (χ4v) is 6.00. The summed E-state index contributed by atoms with van der Waals surface area (Å²) in [5, 5.41) is 4.58. The second-order valence-electron chi connectivity index (χ2n) is 7.50. The van der Waals surface area contributed by atoms with Crippen molar-refractivity contribution in [2.75, 3.05) is 24.3 Å². The van der Waals surface area contributed by atoms with Crippen molar-refractivity contribution in [1.29, 1.82) is 0 Å². The van der Waals surface area contributed by atoms with Crippen LogP contribution in [0.3, 0.4) is 0 Å². The predicted octanol–water partition coefficient (Wildman–Crippen LogP) is 2.92. The third kappa shape index (κ3) is 4.78. The number of hydrogen-bond donors (Lipinski definition) is 0. The van der Waals surface area contributed by atoms with Gasteiger partial charge in [0, 0.05) is 29.7 Å². The van der Waals surface area contributed by atoms with E-state index < -0.39 is 9.84 Å². The summed E-state index contributed by atoms with van der Waals surface area (Å²) in [6, 6.07) is 8.04. The summed E-state index contributed by atoms with van der Waals surface area (Å²) in [4.78, 5) is 15.4. The highest BCUT2D eigenvalue weighted by atomic mass is 32.2. The molecule has 0 radical (unpaired) electrons. The minimum atomic E-state index is -2.97. The molecule has 0 unspecified atom stereocenters. The van der Waals surface area contributed by atoms with Crippen LogP contribution in [0.4, 0.5) is 0 Å². The van der Waals surface area contributed by atoms with Crippen LogP contribution in [0.1, 0.15) is 35.0 Å². The number of carbonyl (C=O) groups excluding carboxylic acids is 1. The van der Waals surface area contributed by atoms with E-state index in [2.05, 4.69) is 5.10 Å². The number of aromatic nitrogens is 2. The van der Waals surface area contributed by atoms with Crippen molar-refractivity contribution < 1.29 is 13.2 Å². The predicted molar refractivity (Wildman–Crippen MR) is 112 cm³/mol. The van der Waals surface area contributed by atoms with E-state index in [1.165, 1.54) is 17.3 Å². The molecule has 152 valence electrons. The van der Waals surface area contributed by atoms with E-state index in [9.17, 15) is 13.2 Å². The van der Waals surface area contributed by atoms with E-state index in [0.29, 0.717) is 18.7 Å². The molecule has 1 fully saturated rings. The smallest absolute Gasteiger partial charge is 0.232 e. The summed E-state index contributed by atoms with van der Waals surface area (Å²) in [5.74, 6) is 0.809. The van der Waals surface area contributed by atoms with Gasteiger partial charge in [-0.1, -0.05) is 17.7 Å². The lowest BCUT2D eigenvalue weighted by Crippen LogP contribution is -2.28. The van der Waals surface area contributed by atoms with Crippen LogP contribution in [0.15, 0.2) is 29.2 Å². The second kappa shape index (κ2) is 8.29. The highest BCUT2D eigenvalue weighted by Gasteiger charge is 2.31. The average molecular weight is 422 g/mol. The molecule has 2 heterocycles. The van der Waals surface area contributed by atoms with Crippen LogP contribution >= 0.6 is 11.8 Å². The molecule has 1 aliphatic rings. The number of nitrogens with zero attached hydrogens (tertiary/aromatic N) is 3. The maximum absolute atomic E-state index is 12.6. The maximum Gasteiger partial charge on any atom is 0.232 e. The Bertz CT molecular complexity index is 965. The van der Waals surface area contributed by atoms with Crippen molar-refractivity contribution in [1.82, 2.24) is 14.7 Å². The lowest BCUT2D eigenvalue weighted by molar-refractivity contribution is -0.127. The molecule has 0 bridgehead atoms. The van der Waals surface area contributed by atoms with Crippen molar-refractivity contribution in [2.24, 2.45) is 0 Å². The van der Waals surface area contributed by atoms with Gasteiger partial charge >= 0.3 is 0 Å². The molecule has 2 aromatic rings. The number of amides is 1. The second-order valence-corrected chi connectivity index (χ2v) is 10.8. The molecule has 1 aromatic carbocycles. The molecule has 0 saturated carbocycles. The highest BCUT2D eigenvalue weighted by Crippen LogP contribution is 2.27. The summed E-state index contributed by atoms with van der Waals surface area (Å²) < 4.78 is 25.4. The first kappa shape index (κ1) is 20.9. The molecule has 1 saturated heterocycles. The van der Waals surface area contributed by atoms with Gasteiger partial charge in [-0.2, -0.15) is 5.10 Å². The van der Waals surface area contributed by atoms with Crippen LogP contribution in [0.5, 0.6) is 0 Å². The van der Waals surface area contributed by atoms with Crippen LogP contribution < -0.4 is 0 Å². The molecular formula is C20H27N3O3S2. The van der Waals surface area contributed by atoms with Crippen LogP contribution in [0.2, 0.25) is 0 Å². The van der Waals surface area contributed by atoms with Crippen LogP contribution in [-0.4, -0.2) is 53.3 Å². The van der Waals surface area contributed by atoms with Gasteiger partial charge in [-0.25, -0.2) is 8.42 Å². The molecule has 0 N–H and O–H groups in total. The first-order chi connectivity index (χ1) is 13.2. The zero-order valence-electron chi connectivity index (χ0n) is 16.8. The van der Waals surface area contributed by atoms with Gasteiger partial charge in [-0.15, -0.1) is 11.8 Å². The van der Waals surface area contributed by atoms with Crippen molar-refractivity contribution in [3.05, 3.63) is 46.8 Å². The molecule has 1 atom stereocenters. The molecule has 1 aromatic heterocycles. The Morgan fingerprint density at radius 2 is 1.93 bits per heavy atom. The molecule has 0 spiro atoms. The minimum Gasteiger partial charge on any atom is -0.341 e. The molecule has 1 amide bonds. The van der Waals surface area contributed by atoms with E-state index >= 15 is 0 Å². The lowest BCUT2D eigenvalue weighted by Gasteiger charge is -2.18. The highest BCUT2D eigenvalue weighted by molar-refractivity contribution is 8.00. The Balaban J connectivity index is 1.64. The fraction of sp³-hybridized carbons (Fsp3) is 0.500. The summed E-state index contributed by atoms with van der Waals surface area (Å²) >= 11 is 1.53. The number of benzene rings is 1. The quantitative estimate of drug-likeness (QED) is 0.671. The standard InChI is InChI=1S/C20H27N3O3S2/c1-14-5-7-18(8-6-14)27-12-20(24)22(4)11-19-15(2)21-23(16(19)3)17-9-10-28(25,26)13-17/h5-8,17H,9-13H2,1-4H3/t17-/m0/s1. The molecule has 0 aliphatic carbocycles. The van der Waals surface area contributed by atoms with Gasteiger partial charge in [0.1, 0.15) is 0 Å². The first-order valence-electron chi connectivity index (χ1n) is 9.35. The molecule has 3 rings (SSSR count). The summed E-state index contributed by atoms with van der Waals surface area (Å²) in [6.45, 7) is 6.39. The Morgan fingerprint density at radius 3 is 2.54 bits per heavy atom. The number of rotatable bonds is 6. The molecule has 8 heteroatoms. The van der Waals surface area contributed by atoms with Crippen LogP contribution in [0.25, 0.3) is 0 Å². The minimum absolute atomic E-state index is 0.0561. The van der Waals surface area contributed by atoms with Gasteiger partial charge in [-0.05, 0) is 39.3 Å². The van der Waals surface area contributed by atoms with Gasteiger partial charge in [0.2, 0.25) is 5.91 Å². The fourth-order valence-electron chi connectivity index (χ4n) is 3.46. The topological polar surface area (TPSA) is 72.3 Å². The number of thioether (sulfide) groups is 1. The van der Waals surface area contributed by atoms with Gasteiger partial charge in [0.05, 0.1) is 29.0 Å². The Kier molecular flexibility index (Phi) is 6.19. The Hall–Kier alpha value is -1.80. The monoisotopic (exact) mass is 421 g/mol. The molecular weight excluding hydrogens is 394 g/mol. The van der Waals surface area contributed by atoms with Crippen molar-refractivity contribution >= 4 is 27.5 Å². The van der Waals surface area contributed by atoms with E-state index in [4.69, 9.17) is 0 Å². The number of carbonyl (C=O) groups is 1. The first-order valence-corrected chi connectivity index (χ1v) is 12.2. The van der Waals surface area contributed by atoms with E-state index in [1.807, 2.05) is 49.7 Å². The third-order valence-electron chi connectivity index (χ3n) is 5.23. The van der Waals surface area contributed by atoms with Crippen LogP contribution in [-0.2, 0) is 21.2 Å². The largest absolute Gasteiger partial charge is 0.341 e. The van der Waals surface area contributed by atoms with Gasteiger partial charge in [0.25, 0.3) is 0 Å². The number of aryl methyl sites for hydroxylation is 2. The maximum atomic E-state index is 12.6. The van der Waals surface area contributed by atoms with Gasteiger partial charge in [0.15, 0.2) is 9.84 Å². The summed E-state index contributed by atoms with van der Waals surface area (Å²) in [7, 11) is -1.17. The summed E-state index contributed by atoms with van der Waals surface area (Å²) in [6.07, 6.45) is 0.603. The van der Waals surface area contributed by atoms with Crippen LogP contribution in [0, 0.1) is 20.8 Å². The Morgan fingerprint density at radius 1 is 1.25 bits per heavy atom. The normalized spacial score (nSPS) is 18.4. The zero-order chi connectivity index (χ0) is 20.5. The Labute approximate surface area is 171 Å². The van der Waals surface area contributed by atoms with Crippen molar-refractivity contribution in [3.8, 4) is 0 Å². The van der Waals surface area contributed by atoms with Crippen molar-refractivity contribution in [2.45, 2.75) is 44.7 Å². The SMILES string of the molecule is Cc1ccc(SCC(=O)N(C)Cc2c(C)nn([C@H]3CCS(=O)(=O)C3)c2C)cc1.